The van der Waals surface area contributed by atoms with Crippen LogP contribution in [0, 0.1) is 5.82 Å². The minimum atomic E-state index is -0.198. The SMILES string of the molecule is CCN(CCC(N)c1ccccc1F)C1CCCC1. The van der Waals surface area contributed by atoms with Gasteiger partial charge in [0, 0.05) is 24.2 Å². The molecule has 0 amide bonds. The van der Waals surface area contributed by atoms with E-state index >= 15 is 0 Å². The fraction of sp³-hybridized carbons (Fsp3) is 0.625. The highest BCUT2D eigenvalue weighted by Gasteiger charge is 2.22. The average molecular weight is 264 g/mol. The van der Waals surface area contributed by atoms with Crippen LogP contribution < -0.4 is 5.73 Å². The van der Waals surface area contributed by atoms with Gasteiger partial charge in [0.1, 0.15) is 5.82 Å². The lowest BCUT2D eigenvalue weighted by Gasteiger charge is -2.28. The normalized spacial score (nSPS) is 18.1. The van der Waals surface area contributed by atoms with Crippen LogP contribution in [0.3, 0.4) is 0 Å². The standard InChI is InChI=1S/C16H25FN2/c1-2-19(13-7-3-4-8-13)12-11-16(18)14-9-5-6-10-15(14)17/h5-6,9-10,13,16H,2-4,7-8,11-12,18H2,1H3. The van der Waals surface area contributed by atoms with Gasteiger partial charge in [0.15, 0.2) is 0 Å². The summed E-state index contributed by atoms with van der Waals surface area (Å²) in [6.45, 7) is 4.23. The second-order valence-corrected chi connectivity index (χ2v) is 5.48. The molecular weight excluding hydrogens is 239 g/mol. The van der Waals surface area contributed by atoms with Crippen molar-refractivity contribution < 1.29 is 4.39 Å². The highest BCUT2D eigenvalue weighted by atomic mass is 19.1. The van der Waals surface area contributed by atoms with E-state index in [1.807, 2.05) is 6.07 Å². The third kappa shape index (κ3) is 3.77. The van der Waals surface area contributed by atoms with E-state index in [0.717, 1.165) is 25.6 Å². The van der Waals surface area contributed by atoms with Crippen LogP contribution in [-0.4, -0.2) is 24.0 Å². The Balaban J connectivity index is 1.88. The lowest BCUT2D eigenvalue weighted by Crippen LogP contribution is -2.35. The molecule has 0 radical (unpaired) electrons. The smallest absolute Gasteiger partial charge is 0.127 e. The summed E-state index contributed by atoms with van der Waals surface area (Å²) >= 11 is 0. The third-order valence-electron chi connectivity index (χ3n) is 4.28. The van der Waals surface area contributed by atoms with Crippen molar-refractivity contribution in [3.8, 4) is 0 Å². The van der Waals surface area contributed by atoms with E-state index in [1.54, 1.807) is 12.1 Å². The maximum absolute atomic E-state index is 13.7. The van der Waals surface area contributed by atoms with Crippen LogP contribution in [-0.2, 0) is 0 Å². The summed E-state index contributed by atoms with van der Waals surface area (Å²) < 4.78 is 13.7. The number of halogens is 1. The summed E-state index contributed by atoms with van der Waals surface area (Å²) in [6, 6.07) is 7.37. The Labute approximate surface area is 115 Å². The molecular formula is C16H25FN2. The van der Waals surface area contributed by atoms with E-state index < -0.39 is 0 Å². The van der Waals surface area contributed by atoms with Gasteiger partial charge >= 0.3 is 0 Å². The Kier molecular flexibility index (Phi) is 5.34. The molecule has 0 spiro atoms. The Morgan fingerprint density at radius 1 is 1.32 bits per heavy atom. The number of hydrogen-bond acceptors (Lipinski definition) is 2. The van der Waals surface area contributed by atoms with Gasteiger partial charge in [0.2, 0.25) is 0 Å². The topological polar surface area (TPSA) is 29.3 Å². The van der Waals surface area contributed by atoms with Gasteiger partial charge in [0.25, 0.3) is 0 Å². The molecule has 0 aliphatic heterocycles. The zero-order chi connectivity index (χ0) is 13.7. The summed E-state index contributed by atoms with van der Waals surface area (Å²) in [4.78, 5) is 2.51. The predicted octanol–water partition coefficient (Wildman–Crippen LogP) is 3.48. The number of nitrogens with two attached hydrogens (primary N) is 1. The van der Waals surface area contributed by atoms with Crippen LogP contribution in [0.5, 0.6) is 0 Å². The van der Waals surface area contributed by atoms with Gasteiger partial charge in [-0.1, -0.05) is 38.0 Å². The molecule has 1 aliphatic carbocycles. The average Bonchev–Trinajstić information content (AvgIpc) is 2.94. The first-order chi connectivity index (χ1) is 9.22. The summed E-state index contributed by atoms with van der Waals surface area (Å²) in [5, 5.41) is 0. The number of hydrogen-bond donors (Lipinski definition) is 1. The lowest BCUT2D eigenvalue weighted by atomic mass is 10.0. The molecule has 2 rings (SSSR count). The van der Waals surface area contributed by atoms with Crippen molar-refractivity contribution >= 4 is 0 Å². The first kappa shape index (κ1) is 14.5. The van der Waals surface area contributed by atoms with Crippen molar-refractivity contribution in [1.29, 1.82) is 0 Å². The second-order valence-electron chi connectivity index (χ2n) is 5.48. The maximum Gasteiger partial charge on any atom is 0.127 e. The Morgan fingerprint density at radius 2 is 2.00 bits per heavy atom. The first-order valence-electron chi connectivity index (χ1n) is 7.46. The molecule has 1 aromatic carbocycles. The quantitative estimate of drug-likeness (QED) is 0.852. The molecule has 0 heterocycles. The fourth-order valence-corrected chi connectivity index (χ4v) is 3.10. The van der Waals surface area contributed by atoms with Crippen LogP contribution in [0.1, 0.15) is 50.6 Å². The Hall–Kier alpha value is -0.930. The maximum atomic E-state index is 13.7. The van der Waals surface area contributed by atoms with Gasteiger partial charge in [-0.3, -0.25) is 0 Å². The van der Waals surface area contributed by atoms with E-state index in [4.69, 9.17) is 5.73 Å². The molecule has 0 bridgehead atoms. The number of benzene rings is 1. The van der Waals surface area contributed by atoms with Gasteiger partial charge < -0.3 is 10.6 Å². The van der Waals surface area contributed by atoms with Gasteiger partial charge in [-0.15, -0.1) is 0 Å². The zero-order valence-corrected chi connectivity index (χ0v) is 11.8. The van der Waals surface area contributed by atoms with Gasteiger partial charge in [-0.2, -0.15) is 0 Å². The van der Waals surface area contributed by atoms with Crippen LogP contribution in [0.25, 0.3) is 0 Å². The molecule has 1 aromatic rings. The van der Waals surface area contributed by atoms with Gasteiger partial charge in [-0.05, 0) is 31.9 Å². The first-order valence-corrected chi connectivity index (χ1v) is 7.46. The minimum absolute atomic E-state index is 0.182. The third-order valence-corrected chi connectivity index (χ3v) is 4.28. The molecule has 0 aromatic heterocycles. The molecule has 3 heteroatoms. The number of rotatable bonds is 6. The Morgan fingerprint density at radius 3 is 2.63 bits per heavy atom. The molecule has 1 atom stereocenters. The molecule has 1 unspecified atom stereocenters. The van der Waals surface area contributed by atoms with E-state index in [1.165, 1.54) is 31.7 Å². The highest BCUT2D eigenvalue weighted by molar-refractivity contribution is 5.20. The predicted molar refractivity (Wildman–Crippen MR) is 77.4 cm³/mol. The van der Waals surface area contributed by atoms with Crippen molar-refractivity contribution in [3.63, 3.8) is 0 Å². The summed E-state index contributed by atoms with van der Waals surface area (Å²) in [7, 11) is 0. The van der Waals surface area contributed by atoms with E-state index in [-0.39, 0.29) is 11.9 Å². The van der Waals surface area contributed by atoms with Crippen molar-refractivity contribution in [2.75, 3.05) is 13.1 Å². The van der Waals surface area contributed by atoms with Crippen LogP contribution >= 0.6 is 0 Å². The van der Waals surface area contributed by atoms with E-state index in [9.17, 15) is 4.39 Å². The van der Waals surface area contributed by atoms with Crippen LogP contribution in [0.4, 0.5) is 4.39 Å². The largest absolute Gasteiger partial charge is 0.324 e. The summed E-state index contributed by atoms with van der Waals surface area (Å²) in [5.74, 6) is -0.182. The molecule has 0 saturated heterocycles. The highest BCUT2D eigenvalue weighted by Crippen LogP contribution is 2.25. The molecule has 1 aliphatic rings. The van der Waals surface area contributed by atoms with Gasteiger partial charge in [-0.25, -0.2) is 4.39 Å². The molecule has 106 valence electrons. The minimum Gasteiger partial charge on any atom is -0.324 e. The molecule has 1 saturated carbocycles. The van der Waals surface area contributed by atoms with E-state index in [0.29, 0.717) is 5.56 Å². The molecule has 1 fully saturated rings. The second kappa shape index (κ2) is 7.01. The van der Waals surface area contributed by atoms with Crippen molar-refractivity contribution in [3.05, 3.63) is 35.6 Å². The van der Waals surface area contributed by atoms with Crippen LogP contribution in [0.15, 0.2) is 24.3 Å². The number of nitrogens with zero attached hydrogens (tertiary/aromatic N) is 1. The van der Waals surface area contributed by atoms with E-state index in [2.05, 4.69) is 11.8 Å². The van der Waals surface area contributed by atoms with Crippen molar-refractivity contribution in [1.82, 2.24) is 4.90 Å². The lowest BCUT2D eigenvalue weighted by molar-refractivity contribution is 0.201. The van der Waals surface area contributed by atoms with Gasteiger partial charge in [0.05, 0.1) is 0 Å². The summed E-state index contributed by atoms with van der Waals surface area (Å²) in [6.07, 6.45) is 6.14. The zero-order valence-electron chi connectivity index (χ0n) is 11.8. The van der Waals surface area contributed by atoms with Crippen LogP contribution in [0.2, 0.25) is 0 Å². The summed E-state index contributed by atoms with van der Waals surface area (Å²) in [5.41, 5.74) is 6.77. The fourth-order valence-electron chi connectivity index (χ4n) is 3.10. The van der Waals surface area contributed by atoms with Crippen molar-refractivity contribution in [2.24, 2.45) is 5.73 Å². The Bertz CT molecular complexity index is 388. The molecule has 2 nitrogen and oxygen atoms in total. The molecule has 2 N–H and O–H groups in total. The monoisotopic (exact) mass is 264 g/mol. The van der Waals surface area contributed by atoms with Crippen molar-refractivity contribution in [2.45, 2.75) is 51.1 Å². The molecule has 19 heavy (non-hydrogen) atoms.